The van der Waals surface area contributed by atoms with Crippen LogP contribution in [0.25, 0.3) is 10.9 Å². The third-order valence-electron chi connectivity index (χ3n) is 6.26. The summed E-state index contributed by atoms with van der Waals surface area (Å²) in [6, 6.07) is 6.35. The first-order chi connectivity index (χ1) is 14.7. The number of hydrogen-bond donors (Lipinski definition) is 2. The van der Waals surface area contributed by atoms with Gasteiger partial charge in [-0.25, -0.2) is 0 Å². The van der Waals surface area contributed by atoms with E-state index in [0.29, 0.717) is 16.9 Å². The summed E-state index contributed by atoms with van der Waals surface area (Å²) >= 11 is 0. The summed E-state index contributed by atoms with van der Waals surface area (Å²) in [5.41, 5.74) is -0.199. The highest BCUT2D eigenvalue weighted by atomic mass is 19.4. The van der Waals surface area contributed by atoms with Gasteiger partial charge in [0.1, 0.15) is 0 Å². The minimum absolute atomic E-state index is 0.0634. The van der Waals surface area contributed by atoms with Gasteiger partial charge in [0.05, 0.1) is 29.7 Å². The molecule has 2 fully saturated rings. The molecule has 31 heavy (non-hydrogen) atoms. The molecule has 0 atom stereocenters. The molecule has 1 aliphatic heterocycles. The van der Waals surface area contributed by atoms with Crippen LogP contribution in [0, 0.1) is 17.2 Å². The van der Waals surface area contributed by atoms with Gasteiger partial charge in [0.2, 0.25) is 5.91 Å². The number of aryl methyl sites for hydroxylation is 1. The molecule has 1 aliphatic carbocycles. The van der Waals surface area contributed by atoms with E-state index < -0.39 is 11.7 Å². The van der Waals surface area contributed by atoms with Gasteiger partial charge >= 0.3 is 6.18 Å². The molecule has 2 heterocycles. The Labute approximate surface area is 178 Å². The number of hydrogen-bond acceptors (Lipinski definition) is 5. The van der Waals surface area contributed by atoms with Gasteiger partial charge in [0.15, 0.2) is 5.82 Å². The Balaban J connectivity index is 1.28. The van der Waals surface area contributed by atoms with E-state index >= 15 is 0 Å². The van der Waals surface area contributed by atoms with Crippen molar-refractivity contribution >= 4 is 22.6 Å². The van der Waals surface area contributed by atoms with E-state index in [0.717, 1.165) is 50.9 Å². The fourth-order valence-electron chi connectivity index (χ4n) is 4.49. The fourth-order valence-corrected chi connectivity index (χ4v) is 4.49. The van der Waals surface area contributed by atoms with Crippen molar-refractivity contribution in [2.45, 2.75) is 43.9 Å². The molecular formula is C21H25F3N6O. The molecule has 0 spiro atoms. The topological polar surface area (TPSA) is 86.0 Å². The standard InChI is InChI=1S/C21H25F3N6O/c1-29-18-7-4-14(21(22,23)24)8-17(18)20(28-29)26-10-19(31)27-15-11-30(12-15)16-5-2-13(9-25)3-6-16/h4,7-8,13,15-16H,2-3,5-6,10-12H2,1H3,(H,26,28)(H,27,31)/t13-,16+. The van der Waals surface area contributed by atoms with Crippen LogP contribution in [-0.4, -0.2) is 52.3 Å². The zero-order valence-corrected chi connectivity index (χ0v) is 17.2. The van der Waals surface area contributed by atoms with Crippen LogP contribution >= 0.6 is 0 Å². The van der Waals surface area contributed by atoms with Crippen molar-refractivity contribution in [2.75, 3.05) is 25.0 Å². The molecule has 2 aliphatic rings. The maximum absolute atomic E-state index is 13.0. The average Bonchev–Trinajstić information content (AvgIpc) is 3.03. The number of anilines is 1. The van der Waals surface area contributed by atoms with Gasteiger partial charge < -0.3 is 10.6 Å². The molecule has 1 aromatic heterocycles. The van der Waals surface area contributed by atoms with Gasteiger partial charge in [-0.1, -0.05) is 0 Å². The smallest absolute Gasteiger partial charge is 0.359 e. The lowest BCUT2D eigenvalue weighted by Gasteiger charge is -2.46. The second-order valence-corrected chi connectivity index (χ2v) is 8.41. The lowest BCUT2D eigenvalue weighted by Crippen LogP contribution is -2.63. The first kappa shape index (κ1) is 21.4. The van der Waals surface area contributed by atoms with Crippen molar-refractivity contribution in [1.29, 1.82) is 5.26 Å². The molecule has 0 unspecified atom stereocenters. The lowest BCUT2D eigenvalue weighted by molar-refractivity contribution is -0.137. The highest BCUT2D eigenvalue weighted by Gasteiger charge is 2.35. The first-order valence-electron chi connectivity index (χ1n) is 10.5. The fraction of sp³-hybridized carbons (Fsp3) is 0.571. The molecular weight excluding hydrogens is 409 g/mol. The molecule has 2 N–H and O–H groups in total. The number of nitrogens with zero attached hydrogens (tertiary/aromatic N) is 4. The zero-order valence-electron chi connectivity index (χ0n) is 17.2. The Kier molecular flexibility index (Phi) is 5.79. The number of amides is 1. The van der Waals surface area contributed by atoms with E-state index in [-0.39, 0.29) is 30.2 Å². The van der Waals surface area contributed by atoms with Gasteiger partial charge in [-0.05, 0) is 43.9 Å². The van der Waals surface area contributed by atoms with Crippen LogP contribution in [0.15, 0.2) is 18.2 Å². The third kappa shape index (κ3) is 4.61. The number of benzene rings is 1. The normalized spacial score (nSPS) is 22.7. The first-order valence-corrected chi connectivity index (χ1v) is 10.5. The predicted molar refractivity (Wildman–Crippen MR) is 109 cm³/mol. The minimum atomic E-state index is -4.44. The lowest BCUT2D eigenvalue weighted by atomic mass is 9.85. The number of nitrogens with one attached hydrogen (secondary N) is 2. The molecule has 10 heteroatoms. The quantitative estimate of drug-likeness (QED) is 0.756. The van der Waals surface area contributed by atoms with Crippen LogP contribution in [0.1, 0.15) is 31.2 Å². The molecule has 1 amide bonds. The Morgan fingerprint density at radius 2 is 1.97 bits per heavy atom. The average molecular weight is 434 g/mol. The Hall–Kier alpha value is -2.80. The molecule has 2 aromatic rings. The number of fused-ring (bicyclic) bond motifs is 1. The van der Waals surface area contributed by atoms with Gasteiger partial charge in [-0.15, -0.1) is 0 Å². The number of aromatic nitrogens is 2. The Bertz CT molecular complexity index is 997. The molecule has 7 nitrogen and oxygen atoms in total. The summed E-state index contributed by atoms with van der Waals surface area (Å²) in [7, 11) is 1.65. The number of likely N-dealkylation sites (tertiary alicyclic amines) is 1. The summed E-state index contributed by atoms with van der Waals surface area (Å²) in [6.45, 7) is 1.51. The van der Waals surface area contributed by atoms with E-state index in [1.165, 1.54) is 10.7 Å². The number of nitriles is 1. The highest BCUT2D eigenvalue weighted by molar-refractivity contribution is 5.92. The minimum Gasteiger partial charge on any atom is -0.359 e. The molecule has 1 aromatic carbocycles. The maximum Gasteiger partial charge on any atom is 0.416 e. The van der Waals surface area contributed by atoms with Crippen molar-refractivity contribution in [3.05, 3.63) is 23.8 Å². The monoisotopic (exact) mass is 434 g/mol. The second-order valence-electron chi connectivity index (χ2n) is 8.41. The van der Waals surface area contributed by atoms with Gasteiger partial charge in [-0.2, -0.15) is 23.5 Å². The van der Waals surface area contributed by atoms with E-state index in [2.05, 4.69) is 26.7 Å². The van der Waals surface area contributed by atoms with Crippen LogP contribution in [0.5, 0.6) is 0 Å². The number of carbonyl (C=O) groups excluding carboxylic acids is 1. The van der Waals surface area contributed by atoms with Crippen molar-refractivity contribution in [3.63, 3.8) is 0 Å². The zero-order chi connectivity index (χ0) is 22.2. The van der Waals surface area contributed by atoms with E-state index in [1.807, 2.05) is 0 Å². The van der Waals surface area contributed by atoms with Crippen molar-refractivity contribution < 1.29 is 18.0 Å². The number of halogens is 3. The van der Waals surface area contributed by atoms with Crippen LogP contribution in [0.2, 0.25) is 0 Å². The van der Waals surface area contributed by atoms with Crippen LogP contribution in [0.4, 0.5) is 19.0 Å². The summed E-state index contributed by atoms with van der Waals surface area (Å²) < 4.78 is 40.6. The number of rotatable bonds is 5. The van der Waals surface area contributed by atoms with Gasteiger partial charge in [-0.3, -0.25) is 14.4 Å². The summed E-state index contributed by atoms with van der Waals surface area (Å²) in [5, 5.41) is 19.4. The molecule has 0 bridgehead atoms. The van der Waals surface area contributed by atoms with E-state index in [9.17, 15) is 18.0 Å². The van der Waals surface area contributed by atoms with Gasteiger partial charge in [0.25, 0.3) is 0 Å². The predicted octanol–water partition coefficient (Wildman–Crippen LogP) is 2.89. The van der Waals surface area contributed by atoms with Crippen molar-refractivity contribution in [1.82, 2.24) is 20.0 Å². The van der Waals surface area contributed by atoms with Crippen molar-refractivity contribution in [2.24, 2.45) is 13.0 Å². The number of carbonyl (C=O) groups is 1. The van der Waals surface area contributed by atoms with E-state index in [1.54, 1.807) is 7.05 Å². The molecule has 166 valence electrons. The second kappa shape index (κ2) is 8.38. The largest absolute Gasteiger partial charge is 0.416 e. The van der Waals surface area contributed by atoms with Crippen LogP contribution in [-0.2, 0) is 18.0 Å². The Morgan fingerprint density at radius 3 is 2.61 bits per heavy atom. The number of alkyl halides is 3. The molecule has 1 saturated heterocycles. The molecule has 1 saturated carbocycles. The third-order valence-corrected chi connectivity index (χ3v) is 6.26. The van der Waals surface area contributed by atoms with E-state index in [4.69, 9.17) is 5.26 Å². The van der Waals surface area contributed by atoms with Crippen molar-refractivity contribution in [3.8, 4) is 6.07 Å². The maximum atomic E-state index is 13.0. The Morgan fingerprint density at radius 1 is 1.26 bits per heavy atom. The summed E-state index contributed by atoms with van der Waals surface area (Å²) in [5.74, 6) is 0.209. The molecule has 4 rings (SSSR count). The molecule has 0 radical (unpaired) electrons. The van der Waals surface area contributed by atoms with Crippen LogP contribution < -0.4 is 10.6 Å². The van der Waals surface area contributed by atoms with Gasteiger partial charge in [0, 0.05) is 37.5 Å². The SMILES string of the molecule is Cn1nc(NCC(=O)NC2CN([C@H]3CC[C@@H](C#N)CC3)C2)c2cc(C(F)(F)F)ccc21. The summed E-state index contributed by atoms with van der Waals surface area (Å²) in [6.07, 6.45) is -0.526. The highest BCUT2D eigenvalue weighted by Crippen LogP contribution is 2.33. The summed E-state index contributed by atoms with van der Waals surface area (Å²) in [4.78, 5) is 14.7. The van der Waals surface area contributed by atoms with Crippen LogP contribution in [0.3, 0.4) is 0 Å².